The number of thioether (sulfide) groups is 1. The van der Waals surface area contributed by atoms with E-state index in [0.717, 1.165) is 4.90 Å². The molecule has 28 heavy (non-hydrogen) atoms. The van der Waals surface area contributed by atoms with E-state index < -0.39 is 47.3 Å². The van der Waals surface area contributed by atoms with Crippen LogP contribution < -0.4 is 16.8 Å². The average molecular weight is 416 g/mol. The Labute approximate surface area is 163 Å². The van der Waals surface area contributed by atoms with Crippen molar-refractivity contribution in [3.8, 4) is 0 Å². The number of nitrogens with one attached hydrogen (secondary N) is 1. The highest BCUT2D eigenvalue weighted by Gasteiger charge is 2.54. The standard InChI is InChI=1S/C15H20N4O8S/c16-7(13(22)23)2-1-3-8(20)18-9-11(21)19-10(14(24)25)6(4-27-15(17)26)5-28-12(9)19/h7,9,12H,1-5,16H2,(H2,17,26)(H,18,20)(H,22,23)(H,24,25)/t7-,9-,12-/m1/s1. The highest BCUT2D eigenvalue weighted by atomic mass is 32.2. The van der Waals surface area contributed by atoms with Gasteiger partial charge in [-0.25, -0.2) is 9.59 Å². The zero-order valence-electron chi connectivity index (χ0n) is 14.6. The lowest BCUT2D eigenvalue weighted by Gasteiger charge is -2.49. The van der Waals surface area contributed by atoms with Crippen molar-refractivity contribution < 1.29 is 38.9 Å². The molecule has 0 saturated carbocycles. The van der Waals surface area contributed by atoms with Crippen LogP contribution in [0.3, 0.4) is 0 Å². The maximum Gasteiger partial charge on any atom is 0.404 e. The normalized spacial score (nSPS) is 22.0. The van der Waals surface area contributed by atoms with E-state index in [2.05, 4.69) is 10.1 Å². The largest absolute Gasteiger partial charge is 0.480 e. The molecule has 2 heterocycles. The maximum atomic E-state index is 12.4. The molecule has 2 rings (SSSR count). The van der Waals surface area contributed by atoms with E-state index >= 15 is 0 Å². The molecule has 0 aromatic heterocycles. The molecule has 13 heteroatoms. The number of nitrogens with zero attached hydrogens (tertiary/aromatic N) is 1. The smallest absolute Gasteiger partial charge is 0.404 e. The van der Waals surface area contributed by atoms with Crippen molar-refractivity contribution in [3.63, 3.8) is 0 Å². The van der Waals surface area contributed by atoms with Crippen LogP contribution in [0.1, 0.15) is 19.3 Å². The highest BCUT2D eigenvalue weighted by molar-refractivity contribution is 8.00. The number of carbonyl (C=O) groups excluding carboxylic acids is 3. The lowest BCUT2D eigenvalue weighted by Crippen LogP contribution is -2.70. The molecule has 0 aromatic carbocycles. The first-order valence-corrected chi connectivity index (χ1v) is 9.28. The van der Waals surface area contributed by atoms with Gasteiger partial charge in [-0.2, -0.15) is 0 Å². The number of carboxylic acids is 2. The van der Waals surface area contributed by atoms with Gasteiger partial charge in [0.25, 0.3) is 5.91 Å². The zero-order valence-corrected chi connectivity index (χ0v) is 15.4. The van der Waals surface area contributed by atoms with E-state index in [1.807, 2.05) is 0 Å². The van der Waals surface area contributed by atoms with E-state index in [1.54, 1.807) is 0 Å². The minimum atomic E-state index is -1.35. The van der Waals surface area contributed by atoms with Gasteiger partial charge in [-0.05, 0) is 12.8 Å². The van der Waals surface area contributed by atoms with Gasteiger partial charge in [0.15, 0.2) is 0 Å². The van der Waals surface area contributed by atoms with Crippen LogP contribution in [0.25, 0.3) is 0 Å². The molecule has 7 N–H and O–H groups in total. The fourth-order valence-electron chi connectivity index (χ4n) is 2.80. The monoisotopic (exact) mass is 416 g/mol. The number of hydrogen-bond donors (Lipinski definition) is 5. The summed E-state index contributed by atoms with van der Waals surface area (Å²) in [6, 6.07) is -1.95. The summed E-state index contributed by atoms with van der Waals surface area (Å²) in [5.41, 5.74) is 10.2. The SMILES string of the molecule is NC(=O)OCC1=C(C(=O)O)N2C(=O)[C@@H](NC(=O)CCC[C@@H](N)C(=O)O)[C@H]2SC1. The van der Waals surface area contributed by atoms with Gasteiger partial charge in [-0.15, -0.1) is 11.8 Å². The first-order chi connectivity index (χ1) is 13.1. The number of amides is 3. The number of ether oxygens (including phenoxy) is 1. The molecule has 0 bridgehead atoms. The Morgan fingerprint density at radius 3 is 2.57 bits per heavy atom. The van der Waals surface area contributed by atoms with Crippen molar-refractivity contribution >= 4 is 41.6 Å². The number of aliphatic carboxylic acids is 2. The van der Waals surface area contributed by atoms with E-state index in [9.17, 15) is 29.1 Å². The molecule has 1 saturated heterocycles. The lowest BCUT2D eigenvalue weighted by molar-refractivity contribution is -0.150. The lowest BCUT2D eigenvalue weighted by atomic mass is 10.0. The Morgan fingerprint density at radius 1 is 1.32 bits per heavy atom. The second-order valence-corrected chi connectivity index (χ2v) is 7.26. The van der Waals surface area contributed by atoms with Crippen molar-refractivity contribution in [2.75, 3.05) is 12.4 Å². The average Bonchev–Trinajstić information content (AvgIpc) is 2.62. The van der Waals surface area contributed by atoms with Crippen LogP contribution in [0.2, 0.25) is 0 Å². The molecule has 2 aliphatic heterocycles. The van der Waals surface area contributed by atoms with Gasteiger partial charge in [0.1, 0.15) is 29.8 Å². The predicted octanol–water partition coefficient (Wildman–Crippen LogP) is -1.60. The van der Waals surface area contributed by atoms with E-state index in [0.29, 0.717) is 0 Å². The Kier molecular flexibility index (Phi) is 6.85. The van der Waals surface area contributed by atoms with Crippen molar-refractivity contribution in [2.24, 2.45) is 11.5 Å². The maximum absolute atomic E-state index is 12.4. The van der Waals surface area contributed by atoms with Crippen LogP contribution in [0.5, 0.6) is 0 Å². The second kappa shape index (κ2) is 8.93. The third-order valence-corrected chi connectivity index (χ3v) is 5.53. The third kappa shape index (κ3) is 4.72. The molecule has 2 aliphatic rings. The van der Waals surface area contributed by atoms with Crippen LogP contribution in [0.15, 0.2) is 11.3 Å². The Hall–Kier alpha value is -2.80. The molecule has 0 unspecified atom stereocenters. The number of nitrogens with two attached hydrogens (primary N) is 2. The predicted molar refractivity (Wildman–Crippen MR) is 94.7 cm³/mol. The van der Waals surface area contributed by atoms with Gasteiger partial charge in [0.05, 0.1) is 0 Å². The van der Waals surface area contributed by atoms with Gasteiger partial charge >= 0.3 is 18.0 Å². The summed E-state index contributed by atoms with van der Waals surface area (Å²) in [4.78, 5) is 58.3. The van der Waals surface area contributed by atoms with Crippen molar-refractivity contribution in [1.29, 1.82) is 0 Å². The summed E-state index contributed by atoms with van der Waals surface area (Å²) in [6.45, 7) is -0.346. The molecule has 1 fully saturated rings. The highest BCUT2D eigenvalue weighted by Crippen LogP contribution is 2.40. The molecular weight excluding hydrogens is 396 g/mol. The number of fused-ring (bicyclic) bond motifs is 1. The number of β-lactam (4-membered cyclic amide) rings is 1. The number of rotatable bonds is 9. The molecule has 12 nitrogen and oxygen atoms in total. The molecule has 3 atom stereocenters. The molecule has 3 amide bonds. The van der Waals surface area contributed by atoms with Gasteiger partial charge in [-0.1, -0.05) is 0 Å². The van der Waals surface area contributed by atoms with Crippen LogP contribution >= 0.6 is 11.8 Å². The minimum Gasteiger partial charge on any atom is -0.480 e. The number of carbonyl (C=O) groups is 5. The number of carboxylic acid groups (broad SMARTS) is 2. The summed E-state index contributed by atoms with van der Waals surface area (Å²) >= 11 is 1.22. The molecule has 0 aliphatic carbocycles. The number of hydrogen-bond acceptors (Lipinski definition) is 8. The van der Waals surface area contributed by atoms with Crippen LogP contribution in [0.4, 0.5) is 4.79 Å². The van der Waals surface area contributed by atoms with Crippen LogP contribution in [-0.2, 0) is 23.9 Å². The Morgan fingerprint density at radius 2 is 2.00 bits per heavy atom. The van der Waals surface area contributed by atoms with Crippen molar-refractivity contribution in [2.45, 2.75) is 36.7 Å². The second-order valence-electron chi connectivity index (χ2n) is 6.16. The first-order valence-electron chi connectivity index (χ1n) is 8.23. The van der Waals surface area contributed by atoms with E-state index in [-0.39, 0.29) is 42.9 Å². The number of primary amides is 1. The summed E-state index contributed by atoms with van der Waals surface area (Å²) in [5.74, 6) is -3.38. The van der Waals surface area contributed by atoms with Gasteiger partial charge in [-0.3, -0.25) is 19.3 Å². The topological polar surface area (TPSA) is 202 Å². The molecular formula is C15H20N4O8S. The summed E-state index contributed by atoms with van der Waals surface area (Å²) in [6.07, 6.45) is -0.731. The fraction of sp³-hybridized carbons (Fsp3) is 0.533. The van der Waals surface area contributed by atoms with E-state index in [4.69, 9.17) is 16.6 Å². The van der Waals surface area contributed by atoms with Gasteiger partial charge < -0.3 is 31.7 Å². The van der Waals surface area contributed by atoms with Crippen molar-refractivity contribution in [3.05, 3.63) is 11.3 Å². The minimum absolute atomic E-state index is 0.0124. The summed E-state index contributed by atoms with van der Waals surface area (Å²) in [7, 11) is 0. The zero-order chi connectivity index (χ0) is 21.0. The van der Waals surface area contributed by atoms with E-state index in [1.165, 1.54) is 11.8 Å². The molecule has 0 aromatic rings. The van der Waals surface area contributed by atoms with Crippen LogP contribution in [0, 0.1) is 0 Å². The first kappa shape index (κ1) is 21.5. The van der Waals surface area contributed by atoms with Crippen LogP contribution in [-0.4, -0.2) is 74.8 Å². The third-order valence-electron chi connectivity index (χ3n) is 4.19. The molecule has 0 spiro atoms. The Bertz CT molecular complexity index is 740. The van der Waals surface area contributed by atoms with Gasteiger partial charge in [0.2, 0.25) is 5.91 Å². The Balaban J connectivity index is 1.96. The van der Waals surface area contributed by atoms with Crippen molar-refractivity contribution in [1.82, 2.24) is 10.2 Å². The molecule has 0 radical (unpaired) electrons. The molecule has 154 valence electrons. The summed E-state index contributed by atoms with van der Waals surface area (Å²) < 4.78 is 4.62. The fourth-order valence-corrected chi connectivity index (χ4v) is 4.13. The van der Waals surface area contributed by atoms with Gasteiger partial charge in [0, 0.05) is 17.7 Å². The summed E-state index contributed by atoms with van der Waals surface area (Å²) in [5, 5.41) is 20.0. The quantitative estimate of drug-likeness (QED) is 0.272.